The molecule has 1 atom stereocenters. The third kappa shape index (κ3) is 8.68. The van der Waals surface area contributed by atoms with Crippen molar-refractivity contribution in [2.75, 3.05) is 28.4 Å². The standard InChI is InChI=1S/C20H23FO3.C20H21FO3/c2*1-12(2)13(3)17-10-14(20(22)24-5)6-8-16(17)18-11-15(23-4)7-9-19(18)21/h6-13H,1-5H3;6-11H,1-5H3. The molecule has 0 bridgehead atoms. The number of allylic oxidation sites excluding steroid dienone is 2. The molecule has 0 amide bonds. The van der Waals surface area contributed by atoms with Gasteiger partial charge in [0.25, 0.3) is 0 Å². The van der Waals surface area contributed by atoms with Crippen molar-refractivity contribution in [2.24, 2.45) is 5.92 Å². The van der Waals surface area contributed by atoms with E-state index in [4.69, 9.17) is 18.9 Å². The Kier molecular flexibility index (Phi) is 13.1. The Bertz CT molecular complexity index is 1800. The number of halogens is 2. The molecule has 0 spiro atoms. The van der Waals surface area contributed by atoms with E-state index in [1.807, 2.05) is 20.8 Å². The van der Waals surface area contributed by atoms with Gasteiger partial charge in [-0.25, -0.2) is 18.4 Å². The van der Waals surface area contributed by atoms with E-state index in [1.165, 1.54) is 26.4 Å². The van der Waals surface area contributed by atoms with Gasteiger partial charge < -0.3 is 18.9 Å². The zero-order valence-electron chi connectivity index (χ0n) is 29.3. The topological polar surface area (TPSA) is 71.1 Å². The summed E-state index contributed by atoms with van der Waals surface area (Å²) in [4.78, 5) is 23.7. The molecule has 0 heterocycles. The highest BCUT2D eigenvalue weighted by atomic mass is 19.1. The van der Waals surface area contributed by atoms with Crippen LogP contribution in [0.25, 0.3) is 27.8 Å². The molecule has 0 N–H and O–H groups in total. The van der Waals surface area contributed by atoms with Crippen molar-refractivity contribution in [1.82, 2.24) is 0 Å². The van der Waals surface area contributed by atoms with Crippen LogP contribution in [0, 0.1) is 17.6 Å². The van der Waals surface area contributed by atoms with Crippen molar-refractivity contribution in [3.63, 3.8) is 0 Å². The molecule has 4 rings (SSSR count). The van der Waals surface area contributed by atoms with Crippen molar-refractivity contribution in [3.05, 3.63) is 112 Å². The van der Waals surface area contributed by atoms with E-state index in [-0.39, 0.29) is 17.6 Å². The number of carbonyl (C=O) groups excluding carboxylic acids is 2. The van der Waals surface area contributed by atoms with Crippen LogP contribution < -0.4 is 9.47 Å². The van der Waals surface area contributed by atoms with Crippen LogP contribution in [-0.2, 0) is 9.47 Å². The molecule has 254 valence electrons. The van der Waals surface area contributed by atoms with Gasteiger partial charge in [0.1, 0.15) is 23.1 Å². The molecular formula is C40H44F2O6. The number of esters is 2. The van der Waals surface area contributed by atoms with Crippen LogP contribution in [0.5, 0.6) is 11.5 Å². The Morgan fingerprint density at radius 1 is 0.583 bits per heavy atom. The van der Waals surface area contributed by atoms with Gasteiger partial charge in [0, 0.05) is 11.1 Å². The predicted molar refractivity (Wildman–Crippen MR) is 187 cm³/mol. The Morgan fingerprint density at radius 3 is 1.48 bits per heavy atom. The van der Waals surface area contributed by atoms with Crippen molar-refractivity contribution in [3.8, 4) is 33.8 Å². The summed E-state index contributed by atoms with van der Waals surface area (Å²) in [5.74, 6) is 0.167. The lowest BCUT2D eigenvalue weighted by Crippen LogP contribution is -2.08. The fourth-order valence-electron chi connectivity index (χ4n) is 5.07. The first-order valence-electron chi connectivity index (χ1n) is 15.5. The Hall–Kier alpha value is -4.98. The predicted octanol–water partition coefficient (Wildman–Crippen LogP) is 10.1. The summed E-state index contributed by atoms with van der Waals surface area (Å²) in [6, 6.07) is 19.6. The lowest BCUT2D eigenvalue weighted by Gasteiger charge is -2.21. The monoisotopic (exact) mass is 658 g/mol. The van der Waals surface area contributed by atoms with Crippen LogP contribution >= 0.6 is 0 Å². The van der Waals surface area contributed by atoms with Gasteiger partial charge in [-0.2, -0.15) is 0 Å². The summed E-state index contributed by atoms with van der Waals surface area (Å²) in [5, 5.41) is 0. The number of hydrogen-bond acceptors (Lipinski definition) is 6. The summed E-state index contributed by atoms with van der Waals surface area (Å²) in [6.07, 6.45) is 0. The highest BCUT2D eigenvalue weighted by molar-refractivity contribution is 5.93. The molecule has 0 fully saturated rings. The molecule has 0 aliphatic carbocycles. The summed E-state index contributed by atoms with van der Waals surface area (Å²) in [5.41, 5.74) is 7.05. The molecule has 6 nitrogen and oxygen atoms in total. The van der Waals surface area contributed by atoms with E-state index in [9.17, 15) is 18.4 Å². The largest absolute Gasteiger partial charge is 0.497 e. The second kappa shape index (κ2) is 16.7. The number of carbonyl (C=O) groups is 2. The van der Waals surface area contributed by atoms with Crippen LogP contribution in [0.4, 0.5) is 8.78 Å². The first kappa shape index (κ1) is 37.5. The van der Waals surface area contributed by atoms with Crippen molar-refractivity contribution >= 4 is 17.5 Å². The van der Waals surface area contributed by atoms with E-state index in [0.717, 1.165) is 27.8 Å². The fraction of sp³-hybridized carbons (Fsp3) is 0.300. The molecule has 0 radical (unpaired) electrons. The maximum absolute atomic E-state index is 14.4. The average molecular weight is 659 g/mol. The van der Waals surface area contributed by atoms with Crippen LogP contribution in [0.2, 0.25) is 0 Å². The molecule has 0 aromatic heterocycles. The maximum Gasteiger partial charge on any atom is 0.337 e. The highest BCUT2D eigenvalue weighted by Crippen LogP contribution is 2.37. The zero-order chi connectivity index (χ0) is 35.7. The Morgan fingerprint density at radius 2 is 1.04 bits per heavy atom. The van der Waals surface area contributed by atoms with Crippen LogP contribution in [0.1, 0.15) is 79.3 Å². The summed E-state index contributed by atoms with van der Waals surface area (Å²) < 4.78 is 48.8. The highest BCUT2D eigenvalue weighted by Gasteiger charge is 2.21. The lowest BCUT2D eigenvalue weighted by molar-refractivity contribution is 0.0592. The molecule has 4 aromatic carbocycles. The Labute approximate surface area is 282 Å². The normalized spacial score (nSPS) is 11.2. The minimum Gasteiger partial charge on any atom is -0.497 e. The quantitative estimate of drug-likeness (QED) is 0.167. The fourth-order valence-corrected chi connectivity index (χ4v) is 5.07. The minimum atomic E-state index is -0.421. The molecule has 0 saturated heterocycles. The van der Waals surface area contributed by atoms with Gasteiger partial charge in [0.15, 0.2) is 0 Å². The lowest BCUT2D eigenvalue weighted by atomic mass is 9.84. The van der Waals surface area contributed by atoms with E-state index in [2.05, 4.69) is 20.8 Å². The van der Waals surface area contributed by atoms with Gasteiger partial charge in [-0.1, -0.05) is 38.5 Å². The van der Waals surface area contributed by atoms with E-state index < -0.39 is 11.9 Å². The zero-order valence-corrected chi connectivity index (χ0v) is 29.3. The smallest absolute Gasteiger partial charge is 0.337 e. The number of hydrogen-bond donors (Lipinski definition) is 0. The summed E-state index contributed by atoms with van der Waals surface area (Å²) >= 11 is 0. The molecule has 1 unspecified atom stereocenters. The summed E-state index contributed by atoms with van der Waals surface area (Å²) in [6.45, 7) is 12.2. The second-order valence-electron chi connectivity index (χ2n) is 11.9. The van der Waals surface area contributed by atoms with Crippen molar-refractivity contribution < 1.29 is 37.3 Å². The summed E-state index contributed by atoms with van der Waals surface area (Å²) in [7, 11) is 5.78. The molecule has 0 aliphatic rings. The van der Waals surface area contributed by atoms with Gasteiger partial charge in [0.05, 0.1) is 39.6 Å². The molecule has 4 aromatic rings. The molecule has 0 saturated carbocycles. The van der Waals surface area contributed by atoms with Gasteiger partial charge in [-0.3, -0.25) is 0 Å². The minimum absolute atomic E-state index is 0.148. The van der Waals surface area contributed by atoms with E-state index in [1.54, 1.807) is 74.9 Å². The van der Waals surface area contributed by atoms with Gasteiger partial charge in [0.2, 0.25) is 0 Å². The number of ether oxygens (including phenoxy) is 4. The molecule has 48 heavy (non-hydrogen) atoms. The average Bonchev–Trinajstić information content (AvgIpc) is 3.10. The van der Waals surface area contributed by atoms with E-state index >= 15 is 0 Å². The van der Waals surface area contributed by atoms with Gasteiger partial charge in [-0.05, 0) is 121 Å². The maximum atomic E-state index is 14.4. The number of methoxy groups -OCH3 is 4. The Balaban J connectivity index is 0.000000260. The number of benzene rings is 4. The molecular weight excluding hydrogens is 614 g/mol. The third-order valence-corrected chi connectivity index (χ3v) is 8.49. The first-order valence-corrected chi connectivity index (χ1v) is 15.5. The van der Waals surface area contributed by atoms with Crippen LogP contribution in [0.15, 0.2) is 78.4 Å². The van der Waals surface area contributed by atoms with Gasteiger partial charge in [-0.15, -0.1) is 0 Å². The SMILES string of the molecule is COC(=O)c1ccc(-c2cc(OC)ccc2F)c(C(C)=C(C)C)c1.COC(=O)c1ccc(-c2cc(OC)ccc2F)c(C(C)C(C)C)c1. The first-order chi connectivity index (χ1) is 22.8. The van der Waals surface area contributed by atoms with Crippen LogP contribution in [0.3, 0.4) is 0 Å². The van der Waals surface area contributed by atoms with Crippen molar-refractivity contribution in [1.29, 1.82) is 0 Å². The van der Waals surface area contributed by atoms with Crippen molar-refractivity contribution in [2.45, 2.75) is 47.5 Å². The van der Waals surface area contributed by atoms with Crippen LogP contribution in [-0.4, -0.2) is 40.4 Å². The van der Waals surface area contributed by atoms with E-state index in [0.29, 0.717) is 45.2 Å². The molecule has 0 aliphatic heterocycles. The third-order valence-electron chi connectivity index (χ3n) is 8.49. The number of rotatable bonds is 9. The van der Waals surface area contributed by atoms with Gasteiger partial charge >= 0.3 is 11.9 Å². The second-order valence-corrected chi connectivity index (χ2v) is 11.9. The molecule has 8 heteroatoms.